The van der Waals surface area contributed by atoms with Crippen LogP contribution in [-0.4, -0.2) is 49.6 Å². The number of benzene rings is 1. The quantitative estimate of drug-likeness (QED) is 0.719. The minimum absolute atomic E-state index is 0.0324. The Bertz CT molecular complexity index is 684. The molecule has 128 valence electrons. The molecule has 1 amide bonds. The SMILES string of the molecule is Cc1ccc(N2C=C3C(=O)NC(N4CCOCC4)NC3N2)c(C)c1. The predicted octanol–water partition coefficient (Wildman–Crippen LogP) is 0.173. The first-order valence-electron chi connectivity index (χ1n) is 8.35. The number of rotatable bonds is 2. The van der Waals surface area contributed by atoms with Gasteiger partial charge in [-0.25, -0.2) is 5.43 Å². The second-order valence-electron chi connectivity index (χ2n) is 6.50. The van der Waals surface area contributed by atoms with E-state index in [0.29, 0.717) is 18.8 Å². The van der Waals surface area contributed by atoms with Gasteiger partial charge in [0.05, 0.1) is 24.5 Å². The molecule has 0 aliphatic carbocycles. The van der Waals surface area contributed by atoms with Crippen molar-refractivity contribution in [3.05, 3.63) is 41.1 Å². The van der Waals surface area contributed by atoms with Gasteiger partial charge in [-0.3, -0.25) is 20.0 Å². The summed E-state index contributed by atoms with van der Waals surface area (Å²) < 4.78 is 5.38. The highest BCUT2D eigenvalue weighted by molar-refractivity contribution is 5.96. The van der Waals surface area contributed by atoms with E-state index in [1.165, 1.54) is 11.1 Å². The lowest BCUT2D eigenvalue weighted by Crippen LogP contribution is -2.68. The molecular formula is C17H23N5O2. The van der Waals surface area contributed by atoms with E-state index in [0.717, 1.165) is 18.8 Å². The number of nitrogens with zero attached hydrogens (tertiary/aromatic N) is 2. The molecule has 0 spiro atoms. The molecule has 24 heavy (non-hydrogen) atoms. The van der Waals surface area contributed by atoms with Crippen molar-refractivity contribution in [3.63, 3.8) is 0 Å². The lowest BCUT2D eigenvalue weighted by molar-refractivity contribution is -0.123. The van der Waals surface area contributed by atoms with E-state index in [1.54, 1.807) is 0 Å². The Morgan fingerprint density at radius 3 is 2.75 bits per heavy atom. The van der Waals surface area contributed by atoms with Gasteiger partial charge in [-0.15, -0.1) is 0 Å². The molecule has 3 N–H and O–H groups in total. The Hall–Kier alpha value is -1.93. The highest BCUT2D eigenvalue weighted by atomic mass is 16.5. The lowest BCUT2D eigenvalue weighted by atomic mass is 10.1. The van der Waals surface area contributed by atoms with Crippen LogP contribution >= 0.6 is 0 Å². The second kappa shape index (κ2) is 6.18. The number of hydrogen-bond acceptors (Lipinski definition) is 6. The summed E-state index contributed by atoms with van der Waals surface area (Å²) in [5, 5.41) is 8.44. The van der Waals surface area contributed by atoms with Crippen LogP contribution in [0.3, 0.4) is 0 Å². The highest BCUT2D eigenvalue weighted by Gasteiger charge is 2.38. The molecular weight excluding hydrogens is 306 g/mol. The fourth-order valence-corrected chi connectivity index (χ4v) is 3.43. The van der Waals surface area contributed by atoms with Gasteiger partial charge in [-0.05, 0) is 25.5 Å². The third-order valence-electron chi connectivity index (χ3n) is 4.72. The van der Waals surface area contributed by atoms with Crippen molar-refractivity contribution in [2.45, 2.75) is 26.3 Å². The van der Waals surface area contributed by atoms with Gasteiger partial charge in [0.25, 0.3) is 5.91 Å². The average molecular weight is 329 g/mol. The van der Waals surface area contributed by atoms with E-state index >= 15 is 0 Å². The van der Waals surface area contributed by atoms with E-state index in [1.807, 2.05) is 11.2 Å². The average Bonchev–Trinajstić information content (AvgIpc) is 3.00. The molecule has 2 atom stereocenters. The fourth-order valence-electron chi connectivity index (χ4n) is 3.43. The minimum atomic E-state index is -0.188. The van der Waals surface area contributed by atoms with Crippen LogP contribution in [-0.2, 0) is 9.53 Å². The van der Waals surface area contributed by atoms with E-state index in [4.69, 9.17) is 4.74 Å². The highest BCUT2D eigenvalue weighted by Crippen LogP contribution is 2.26. The summed E-state index contributed by atoms with van der Waals surface area (Å²) in [7, 11) is 0. The van der Waals surface area contributed by atoms with Crippen LogP contribution in [0.2, 0.25) is 0 Å². The van der Waals surface area contributed by atoms with Crippen LogP contribution in [0.4, 0.5) is 5.69 Å². The third kappa shape index (κ3) is 2.80. The first kappa shape index (κ1) is 15.6. The molecule has 2 saturated heterocycles. The molecule has 0 bridgehead atoms. The summed E-state index contributed by atoms with van der Waals surface area (Å²) in [6.45, 7) is 7.17. The number of anilines is 1. The lowest BCUT2D eigenvalue weighted by Gasteiger charge is -2.40. The van der Waals surface area contributed by atoms with Gasteiger partial charge in [-0.2, -0.15) is 0 Å². The summed E-state index contributed by atoms with van der Waals surface area (Å²) in [4.78, 5) is 14.7. The molecule has 0 saturated carbocycles. The number of ether oxygens (including phenoxy) is 1. The molecule has 7 heteroatoms. The van der Waals surface area contributed by atoms with Gasteiger partial charge in [0, 0.05) is 19.3 Å². The van der Waals surface area contributed by atoms with Crippen LogP contribution in [0.15, 0.2) is 30.0 Å². The number of nitrogens with one attached hydrogen (secondary N) is 3. The minimum Gasteiger partial charge on any atom is -0.379 e. The molecule has 0 radical (unpaired) electrons. The van der Waals surface area contributed by atoms with E-state index < -0.39 is 0 Å². The summed E-state index contributed by atoms with van der Waals surface area (Å²) >= 11 is 0. The first-order chi connectivity index (χ1) is 11.6. The van der Waals surface area contributed by atoms with Gasteiger partial charge in [0.2, 0.25) is 0 Å². The Morgan fingerprint density at radius 1 is 1.21 bits per heavy atom. The zero-order chi connectivity index (χ0) is 16.7. The van der Waals surface area contributed by atoms with Crippen LogP contribution in [0, 0.1) is 13.8 Å². The number of carbonyl (C=O) groups is 1. The van der Waals surface area contributed by atoms with Crippen LogP contribution in [0.25, 0.3) is 0 Å². The molecule has 2 unspecified atom stereocenters. The Morgan fingerprint density at radius 2 is 2.00 bits per heavy atom. The van der Waals surface area contributed by atoms with Crippen molar-refractivity contribution in [2.24, 2.45) is 0 Å². The normalized spacial score (nSPS) is 27.7. The van der Waals surface area contributed by atoms with Gasteiger partial charge in [0.1, 0.15) is 12.5 Å². The Labute approximate surface area is 141 Å². The Balaban J connectivity index is 1.52. The summed E-state index contributed by atoms with van der Waals surface area (Å²) in [6, 6.07) is 6.29. The van der Waals surface area contributed by atoms with E-state index in [2.05, 4.69) is 53.0 Å². The molecule has 7 nitrogen and oxygen atoms in total. The number of hydrazine groups is 1. The van der Waals surface area contributed by atoms with Crippen LogP contribution in [0.5, 0.6) is 0 Å². The Kier molecular flexibility index (Phi) is 4.01. The third-order valence-corrected chi connectivity index (χ3v) is 4.72. The number of aryl methyl sites for hydroxylation is 2. The van der Waals surface area contributed by atoms with Gasteiger partial charge in [0.15, 0.2) is 0 Å². The van der Waals surface area contributed by atoms with Gasteiger partial charge < -0.3 is 10.1 Å². The van der Waals surface area contributed by atoms with Crippen molar-refractivity contribution in [1.29, 1.82) is 0 Å². The zero-order valence-corrected chi connectivity index (χ0v) is 14.0. The molecule has 0 aromatic heterocycles. The van der Waals surface area contributed by atoms with Crippen molar-refractivity contribution in [2.75, 3.05) is 31.3 Å². The summed E-state index contributed by atoms with van der Waals surface area (Å²) in [5.74, 6) is -0.0324. The molecule has 1 aromatic carbocycles. The van der Waals surface area contributed by atoms with Crippen LogP contribution in [0.1, 0.15) is 11.1 Å². The monoisotopic (exact) mass is 329 g/mol. The number of hydrogen-bond donors (Lipinski definition) is 3. The smallest absolute Gasteiger partial charge is 0.254 e. The molecule has 4 rings (SSSR count). The first-order valence-corrected chi connectivity index (χ1v) is 8.35. The van der Waals surface area contributed by atoms with E-state index in [9.17, 15) is 4.79 Å². The maximum absolute atomic E-state index is 12.5. The molecule has 3 aliphatic heterocycles. The van der Waals surface area contributed by atoms with Crippen molar-refractivity contribution in [1.82, 2.24) is 21.0 Å². The standard InChI is InChI=1S/C17H23N5O2/c1-11-3-4-14(12(2)9-11)22-10-13-15(20-22)18-17(19-16(13)23)21-5-7-24-8-6-21/h3-4,9-10,15,17-18,20H,5-8H2,1-2H3,(H,19,23). The molecule has 3 heterocycles. The molecule has 2 fully saturated rings. The predicted molar refractivity (Wildman–Crippen MR) is 90.9 cm³/mol. The fraction of sp³-hybridized carbons (Fsp3) is 0.471. The largest absolute Gasteiger partial charge is 0.379 e. The summed E-state index contributed by atoms with van der Waals surface area (Å²) in [6.07, 6.45) is 1.52. The van der Waals surface area contributed by atoms with Crippen molar-refractivity contribution < 1.29 is 9.53 Å². The zero-order valence-electron chi connectivity index (χ0n) is 14.0. The van der Waals surface area contributed by atoms with Gasteiger partial charge >= 0.3 is 0 Å². The second-order valence-corrected chi connectivity index (χ2v) is 6.50. The number of morpholine rings is 1. The van der Waals surface area contributed by atoms with Crippen molar-refractivity contribution in [3.8, 4) is 0 Å². The topological polar surface area (TPSA) is 68.9 Å². The number of carbonyl (C=O) groups excluding carboxylic acids is 1. The van der Waals surface area contributed by atoms with E-state index in [-0.39, 0.29) is 18.4 Å². The van der Waals surface area contributed by atoms with Crippen LogP contribution < -0.4 is 21.1 Å². The molecule has 1 aromatic rings. The molecule has 3 aliphatic rings. The maximum atomic E-state index is 12.5. The summed E-state index contributed by atoms with van der Waals surface area (Å²) in [5.41, 5.74) is 7.54. The maximum Gasteiger partial charge on any atom is 0.254 e. The van der Waals surface area contributed by atoms with Gasteiger partial charge in [-0.1, -0.05) is 17.7 Å². The number of fused-ring (bicyclic) bond motifs is 1. The number of amides is 1. The van der Waals surface area contributed by atoms with Crippen molar-refractivity contribution >= 4 is 11.6 Å².